The van der Waals surface area contributed by atoms with Crippen molar-refractivity contribution in [2.75, 3.05) is 0 Å². The predicted molar refractivity (Wildman–Crippen MR) is 150 cm³/mol. The van der Waals surface area contributed by atoms with E-state index in [9.17, 15) is 0 Å². The molecule has 0 saturated carbocycles. The van der Waals surface area contributed by atoms with Gasteiger partial charge in [-0.15, -0.1) is 0 Å². The predicted octanol–water partition coefficient (Wildman–Crippen LogP) is 8.45. The maximum atomic E-state index is 4.05. The van der Waals surface area contributed by atoms with Crippen LogP contribution in [-0.4, -0.2) is 8.07 Å². The zero-order valence-corrected chi connectivity index (χ0v) is 21.9. The monoisotopic (exact) mass is 466 g/mol. The Kier molecular flexibility index (Phi) is 5.27. The van der Waals surface area contributed by atoms with Crippen LogP contribution < -0.4 is 0 Å². The van der Waals surface area contributed by atoms with E-state index < -0.39 is 8.07 Å². The van der Waals surface area contributed by atoms with E-state index in [1.165, 1.54) is 54.9 Å². The Bertz CT molecular complexity index is 1390. The molecule has 0 aliphatic heterocycles. The van der Waals surface area contributed by atoms with Gasteiger partial charge in [-0.2, -0.15) is 0 Å². The molecule has 2 atom stereocenters. The Morgan fingerprint density at radius 3 is 1.23 bits per heavy atom. The van der Waals surface area contributed by atoms with Gasteiger partial charge in [0.25, 0.3) is 0 Å². The van der Waals surface area contributed by atoms with Crippen molar-refractivity contribution in [2.24, 2.45) is 0 Å². The van der Waals surface area contributed by atoms with Crippen LogP contribution in [0.15, 0.2) is 97.1 Å². The molecule has 0 aromatic heterocycles. The van der Waals surface area contributed by atoms with Gasteiger partial charge in [-0.3, -0.25) is 0 Å². The number of benzene rings is 4. The summed E-state index contributed by atoms with van der Waals surface area (Å²) in [6.45, 7) is 9.42. The van der Waals surface area contributed by atoms with Gasteiger partial charge in [0.05, 0.1) is 0 Å². The molecule has 1 heteroatoms. The molecular formula is C34H30Si. The van der Waals surface area contributed by atoms with Crippen molar-refractivity contribution in [1.82, 2.24) is 0 Å². The lowest BCUT2D eigenvalue weighted by atomic mass is 9.90. The Labute approximate surface area is 210 Å². The zero-order valence-electron chi connectivity index (χ0n) is 20.9. The van der Waals surface area contributed by atoms with Crippen LogP contribution in [0.2, 0.25) is 13.1 Å². The van der Waals surface area contributed by atoms with Gasteiger partial charge in [0.2, 0.25) is 0 Å². The molecule has 0 spiro atoms. The van der Waals surface area contributed by atoms with Crippen molar-refractivity contribution in [3.05, 3.63) is 154 Å². The fourth-order valence-electron chi connectivity index (χ4n) is 6.02. The highest BCUT2D eigenvalue weighted by molar-refractivity contribution is 7.08. The van der Waals surface area contributed by atoms with Crippen LogP contribution in [0.1, 0.15) is 56.3 Å². The van der Waals surface area contributed by atoms with Gasteiger partial charge in [0.15, 0.2) is 0 Å². The molecule has 2 aliphatic carbocycles. The molecule has 0 fully saturated rings. The van der Waals surface area contributed by atoms with Crippen molar-refractivity contribution < 1.29 is 0 Å². The maximum absolute atomic E-state index is 4.05. The Morgan fingerprint density at radius 1 is 0.486 bits per heavy atom. The molecule has 0 nitrogen and oxygen atoms in total. The van der Waals surface area contributed by atoms with Gasteiger partial charge in [0, 0.05) is 11.8 Å². The number of allylic oxidation sites excluding steroid dienone is 2. The highest BCUT2D eigenvalue weighted by atomic mass is 28.3. The van der Waals surface area contributed by atoms with Crippen LogP contribution in [0.4, 0.5) is 0 Å². The number of hydrogen-bond donors (Lipinski definition) is 0. The summed E-state index contributed by atoms with van der Waals surface area (Å²) >= 11 is 0. The van der Waals surface area contributed by atoms with E-state index in [0.29, 0.717) is 0 Å². The SMILES string of the molecule is Cc1ccccc1C1[C]=C([Si](C)(C)C2=[C]C(c3ccccc3C)c3ccccc32)c2ccccc21. The lowest BCUT2D eigenvalue weighted by molar-refractivity contribution is 1.01. The molecule has 2 unspecified atom stereocenters. The lowest BCUT2D eigenvalue weighted by Gasteiger charge is -2.27. The quantitative estimate of drug-likeness (QED) is 0.265. The molecule has 0 N–H and O–H groups in total. The van der Waals surface area contributed by atoms with E-state index >= 15 is 0 Å². The second-order valence-electron chi connectivity index (χ2n) is 10.4. The molecule has 0 bridgehead atoms. The van der Waals surface area contributed by atoms with Crippen molar-refractivity contribution >= 4 is 18.5 Å². The van der Waals surface area contributed by atoms with Gasteiger partial charge < -0.3 is 0 Å². The summed E-state index contributed by atoms with van der Waals surface area (Å²) in [5.74, 6) is 0.386. The molecule has 0 saturated heterocycles. The third kappa shape index (κ3) is 3.49. The van der Waals surface area contributed by atoms with E-state index in [2.05, 4.69) is 136 Å². The summed E-state index contributed by atoms with van der Waals surface area (Å²) < 4.78 is 0. The van der Waals surface area contributed by atoms with Gasteiger partial charge >= 0.3 is 0 Å². The molecule has 4 aromatic rings. The van der Waals surface area contributed by atoms with Crippen molar-refractivity contribution in [3.8, 4) is 0 Å². The van der Waals surface area contributed by atoms with Crippen molar-refractivity contribution in [2.45, 2.75) is 38.8 Å². The fourth-order valence-corrected chi connectivity index (χ4v) is 9.09. The van der Waals surface area contributed by atoms with E-state index in [0.717, 1.165) is 0 Å². The molecule has 4 aromatic carbocycles. The summed E-state index contributed by atoms with van der Waals surface area (Å²) in [7, 11) is -2.11. The Balaban J connectivity index is 1.51. The minimum Gasteiger partial charge on any atom is -0.0620 e. The van der Waals surface area contributed by atoms with E-state index in [1.54, 1.807) is 0 Å². The second kappa shape index (κ2) is 8.36. The van der Waals surface area contributed by atoms with Gasteiger partial charge in [-0.05, 0) is 80.9 Å². The normalized spacial score (nSPS) is 18.6. The number of hydrogen-bond acceptors (Lipinski definition) is 0. The Morgan fingerprint density at radius 2 is 0.829 bits per heavy atom. The van der Waals surface area contributed by atoms with Crippen LogP contribution in [0, 0.1) is 26.0 Å². The van der Waals surface area contributed by atoms with Crippen molar-refractivity contribution in [3.63, 3.8) is 0 Å². The highest BCUT2D eigenvalue weighted by Crippen LogP contribution is 2.51. The van der Waals surface area contributed by atoms with Crippen molar-refractivity contribution in [1.29, 1.82) is 0 Å². The molecule has 2 radical (unpaired) electrons. The van der Waals surface area contributed by atoms with Crippen LogP contribution in [0.5, 0.6) is 0 Å². The molecule has 35 heavy (non-hydrogen) atoms. The third-order valence-electron chi connectivity index (χ3n) is 7.91. The standard InChI is InChI=1S/C34H30Si/c1-23-13-5-7-15-25(23)31-21-33(29-19-11-9-17-27(29)31)35(3,4)34-22-32(26-16-8-6-14-24(26)2)28-18-10-12-20-30(28)34/h5-20,31-32H,1-4H3. The van der Waals surface area contributed by atoms with Crippen LogP contribution in [0.3, 0.4) is 0 Å². The Hall–Kier alpha value is -3.42. The summed E-state index contributed by atoms with van der Waals surface area (Å²) in [5.41, 5.74) is 10.9. The first kappa shape index (κ1) is 22.1. The topological polar surface area (TPSA) is 0 Å². The largest absolute Gasteiger partial charge is 0.114 e. The molecule has 6 rings (SSSR count). The molecular weight excluding hydrogens is 436 g/mol. The average Bonchev–Trinajstić information content (AvgIpc) is 3.45. The maximum Gasteiger partial charge on any atom is 0.114 e. The summed E-state index contributed by atoms with van der Waals surface area (Å²) in [6.07, 6.45) is 8.09. The average molecular weight is 467 g/mol. The van der Waals surface area contributed by atoms with Crippen LogP contribution >= 0.6 is 0 Å². The summed E-state index contributed by atoms with van der Waals surface area (Å²) in [6, 6.07) is 35.5. The first-order valence-electron chi connectivity index (χ1n) is 12.5. The van der Waals surface area contributed by atoms with Gasteiger partial charge in [-0.1, -0.05) is 110 Å². The fraction of sp³-hybridized carbons (Fsp3) is 0.176. The molecule has 170 valence electrons. The lowest BCUT2D eigenvalue weighted by Crippen LogP contribution is -2.30. The molecule has 0 amide bonds. The number of fused-ring (bicyclic) bond motifs is 2. The second-order valence-corrected chi connectivity index (χ2v) is 14.7. The smallest absolute Gasteiger partial charge is 0.0620 e. The first-order valence-corrected chi connectivity index (χ1v) is 15.5. The number of rotatable bonds is 4. The molecule has 0 heterocycles. The minimum absolute atomic E-state index is 0.193. The zero-order chi connectivity index (χ0) is 24.2. The van der Waals surface area contributed by atoms with Crippen LogP contribution in [-0.2, 0) is 0 Å². The van der Waals surface area contributed by atoms with Crippen LogP contribution in [0.25, 0.3) is 10.4 Å². The number of aryl methyl sites for hydroxylation is 2. The first-order chi connectivity index (χ1) is 17.0. The van der Waals surface area contributed by atoms with Gasteiger partial charge in [0.1, 0.15) is 8.07 Å². The molecule has 2 aliphatic rings. The van der Waals surface area contributed by atoms with E-state index in [4.69, 9.17) is 0 Å². The minimum atomic E-state index is -2.11. The highest BCUT2D eigenvalue weighted by Gasteiger charge is 2.42. The van der Waals surface area contributed by atoms with E-state index in [1.807, 2.05) is 0 Å². The summed E-state index contributed by atoms with van der Waals surface area (Å²) in [5, 5.41) is 2.84. The summed E-state index contributed by atoms with van der Waals surface area (Å²) in [4.78, 5) is 0. The van der Waals surface area contributed by atoms with Gasteiger partial charge in [-0.25, -0.2) is 0 Å². The third-order valence-corrected chi connectivity index (χ3v) is 11.2. The van der Waals surface area contributed by atoms with E-state index in [-0.39, 0.29) is 11.8 Å².